The van der Waals surface area contributed by atoms with Crippen LogP contribution in [-0.2, 0) is 11.8 Å². The van der Waals surface area contributed by atoms with Crippen LogP contribution in [0, 0.1) is 0 Å². The van der Waals surface area contributed by atoms with Crippen molar-refractivity contribution in [1.29, 1.82) is 0 Å². The highest BCUT2D eigenvalue weighted by molar-refractivity contribution is 8.11. The summed E-state index contributed by atoms with van der Waals surface area (Å²) in [5, 5.41) is 3.10. The Kier molecular flexibility index (Phi) is 9.96. The van der Waals surface area contributed by atoms with E-state index in [1.165, 1.54) is 6.21 Å². The van der Waals surface area contributed by atoms with Gasteiger partial charge in [0, 0.05) is 19.0 Å². The Labute approximate surface area is 113 Å². The molecule has 0 aromatic rings. The van der Waals surface area contributed by atoms with Gasteiger partial charge in [-0.2, -0.15) is 0 Å². The molecule has 8 heteroatoms. The topological polar surface area (TPSA) is 106 Å². The highest BCUT2D eigenvalue weighted by atomic mass is 32.4. The number of carbonyl (C=O) groups excluding carboxylic acids is 1. The molecular formula is C10H22N5OPS. The van der Waals surface area contributed by atoms with Crippen LogP contribution in [0.5, 0.6) is 0 Å². The molecule has 18 heavy (non-hydrogen) atoms. The molecule has 2 amide bonds. The molecule has 6 nitrogen and oxygen atoms in total. The van der Waals surface area contributed by atoms with Crippen molar-refractivity contribution in [3.63, 3.8) is 0 Å². The van der Waals surface area contributed by atoms with Gasteiger partial charge in [-0.25, -0.2) is 14.5 Å². The summed E-state index contributed by atoms with van der Waals surface area (Å²) in [6, 6.07) is -0.666. The van der Waals surface area contributed by atoms with E-state index in [-0.39, 0.29) is 0 Å². The fourth-order valence-corrected chi connectivity index (χ4v) is 2.48. The van der Waals surface area contributed by atoms with Gasteiger partial charge in [0.15, 0.2) is 6.49 Å². The van der Waals surface area contributed by atoms with Crippen LogP contribution in [0.4, 0.5) is 4.79 Å². The Hall–Kier alpha value is -0.620. The average Bonchev–Trinajstić information content (AvgIpc) is 2.27. The fraction of sp³-hybridized carbons (Fsp3) is 0.700. The zero-order valence-electron chi connectivity index (χ0n) is 10.7. The Balaban J connectivity index is 3.73. The van der Waals surface area contributed by atoms with Crippen molar-refractivity contribution in [2.45, 2.75) is 39.0 Å². The van der Waals surface area contributed by atoms with Crippen LogP contribution < -0.4 is 16.3 Å². The zero-order chi connectivity index (χ0) is 13.9. The van der Waals surface area contributed by atoms with Crippen LogP contribution in [0.1, 0.15) is 39.0 Å². The maximum Gasteiger partial charge on any atom is 0.337 e. The summed E-state index contributed by atoms with van der Waals surface area (Å²) in [4.78, 5) is 13.7. The van der Waals surface area contributed by atoms with Crippen LogP contribution in [0.25, 0.3) is 0 Å². The first kappa shape index (κ1) is 17.4. The summed E-state index contributed by atoms with van der Waals surface area (Å²) >= 11 is 5.18. The average molecular weight is 291 g/mol. The van der Waals surface area contributed by atoms with Crippen molar-refractivity contribution >= 4 is 36.8 Å². The summed E-state index contributed by atoms with van der Waals surface area (Å²) in [6.45, 7) is 0.674. The van der Waals surface area contributed by atoms with Gasteiger partial charge in [-0.3, -0.25) is 10.6 Å². The number of rotatable bonds is 9. The molecule has 0 fully saturated rings. The van der Waals surface area contributed by atoms with Gasteiger partial charge in [0.1, 0.15) is 0 Å². The van der Waals surface area contributed by atoms with Gasteiger partial charge in [-0.1, -0.05) is 13.3 Å². The minimum atomic E-state index is -2.25. The summed E-state index contributed by atoms with van der Waals surface area (Å²) in [7, 11) is 0. The van der Waals surface area contributed by atoms with Gasteiger partial charge in [-0.05, 0) is 37.5 Å². The zero-order valence-corrected chi connectivity index (χ0v) is 12.4. The lowest BCUT2D eigenvalue weighted by atomic mass is 10.3. The van der Waals surface area contributed by atoms with E-state index in [9.17, 15) is 4.79 Å². The first-order valence-electron chi connectivity index (χ1n) is 5.97. The van der Waals surface area contributed by atoms with Crippen LogP contribution in [0.15, 0.2) is 9.76 Å². The van der Waals surface area contributed by atoms with E-state index < -0.39 is 12.5 Å². The molecule has 1 unspecified atom stereocenters. The lowest BCUT2D eigenvalue weighted by Gasteiger charge is -2.12. The first-order valence-corrected chi connectivity index (χ1v) is 8.80. The minimum absolute atomic E-state index is 0.666. The molecule has 0 aliphatic heterocycles. The fourth-order valence-electron chi connectivity index (χ4n) is 1.09. The molecular weight excluding hydrogens is 269 g/mol. The maximum atomic E-state index is 10.3. The van der Waals surface area contributed by atoms with Gasteiger partial charge in [0.2, 0.25) is 0 Å². The molecule has 1 atom stereocenters. The monoisotopic (exact) mass is 291 g/mol. The Bertz CT molecular complexity index is 345. The van der Waals surface area contributed by atoms with E-state index in [2.05, 4.69) is 21.8 Å². The SMILES string of the molecule is CCCCNP(N)(=S)N=CCCCC=NC(N)=O. The number of nitrogens with zero attached hydrogens (tertiary/aromatic N) is 2. The Morgan fingerprint density at radius 2 is 2.06 bits per heavy atom. The second-order valence-electron chi connectivity index (χ2n) is 3.76. The van der Waals surface area contributed by atoms with Crippen molar-refractivity contribution in [2.75, 3.05) is 6.54 Å². The van der Waals surface area contributed by atoms with E-state index in [4.69, 9.17) is 23.0 Å². The molecule has 0 aliphatic carbocycles. The van der Waals surface area contributed by atoms with E-state index in [1.807, 2.05) is 0 Å². The lowest BCUT2D eigenvalue weighted by Crippen LogP contribution is -2.15. The van der Waals surface area contributed by atoms with E-state index in [1.54, 1.807) is 6.21 Å². The number of nitrogens with one attached hydrogen (secondary N) is 1. The van der Waals surface area contributed by atoms with Gasteiger partial charge in [0.05, 0.1) is 0 Å². The molecule has 0 heterocycles. The summed E-state index contributed by atoms with van der Waals surface area (Å²) in [5.74, 6) is 0. The van der Waals surface area contributed by atoms with Crippen molar-refractivity contribution in [1.82, 2.24) is 5.09 Å². The number of unbranched alkanes of at least 4 members (excludes halogenated alkanes) is 3. The second kappa shape index (κ2) is 10.3. The van der Waals surface area contributed by atoms with Crippen LogP contribution in [-0.4, -0.2) is 25.0 Å². The molecule has 0 spiro atoms. The van der Waals surface area contributed by atoms with Crippen LogP contribution in [0.3, 0.4) is 0 Å². The highest BCUT2D eigenvalue weighted by Gasteiger charge is 2.04. The van der Waals surface area contributed by atoms with Gasteiger partial charge in [0.25, 0.3) is 0 Å². The number of aliphatic imine (C=N–C) groups is 1. The van der Waals surface area contributed by atoms with Crippen LogP contribution >= 0.6 is 6.49 Å². The first-order chi connectivity index (χ1) is 8.48. The number of amides is 2. The second-order valence-corrected chi connectivity index (χ2v) is 7.23. The van der Waals surface area contributed by atoms with E-state index in [0.717, 1.165) is 32.2 Å². The largest absolute Gasteiger partial charge is 0.350 e. The van der Waals surface area contributed by atoms with E-state index in [0.29, 0.717) is 6.42 Å². The molecule has 0 saturated carbocycles. The third-order valence-electron chi connectivity index (χ3n) is 2.01. The smallest absolute Gasteiger partial charge is 0.337 e. The summed E-state index contributed by atoms with van der Waals surface area (Å²) in [6.07, 6.45) is 7.69. The molecule has 104 valence electrons. The Morgan fingerprint density at radius 1 is 1.39 bits per heavy atom. The van der Waals surface area contributed by atoms with Gasteiger partial charge < -0.3 is 5.73 Å². The third kappa shape index (κ3) is 11.9. The predicted molar refractivity (Wildman–Crippen MR) is 81.8 cm³/mol. The molecule has 0 radical (unpaired) electrons. The third-order valence-corrected chi connectivity index (χ3v) is 3.86. The number of hydrogen-bond donors (Lipinski definition) is 3. The minimum Gasteiger partial charge on any atom is -0.350 e. The van der Waals surface area contributed by atoms with Crippen molar-refractivity contribution in [3.8, 4) is 0 Å². The maximum absolute atomic E-state index is 10.3. The number of primary amides is 1. The number of hydrogen-bond acceptors (Lipinski definition) is 2. The number of nitrogens with two attached hydrogens (primary N) is 2. The highest BCUT2D eigenvalue weighted by Crippen LogP contribution is 2.32. The van der Waals surface area contributed by atoms with Gasteiger partial charge in [-0.15, -0.1) is 0 Å². The molecule has 0 aromatic carbocycles. The normalized spacial score (nSPS) is 15.2. The van der Waals surface area contributed by atoms with Crippen molar-refractivity contribution < 1.29 is 4.79 Å². The summed E-state index contributed by atoms with van der Waals surface area (Å²) in [5.41, 5.74) is 10.7. The number of urea groups is 1. The number of carbonyl (C=O) groups is 1. The quantitative estimate of drug-likeness (QED) is 0.343. The van der Waals surface area contributed by atoms with Crippen molar-refractivity contribution in [2.24, 2.45) is 21.0 Å². The lowest BCUT2D eigenvalue weighted by molar-refractivity contribution is 0.257. The molecule has 0 rings (SSSR count). The van der Waals surface area contributed by atoms with Gasteiger partial charge >= 0.3 is 6.03 Å². The molecule has 0 saturated heterocycles. The Morgan fingerprint density at radius 3 is 2.67 bits per heavy atom. The molecule has 5 N–H and O–H groups in total. The molecule has 0 bridgehead atoms. The van der Waals surface area contributed by atoms with E-state index >= 15 is 0 Å². The van der Waals surface area contributed by atoms with Crippen molar-refractivity contribution in [3.05, 3.63) is 0 Å². The van der Waals surface area contributed by atoms with Crippen LogP contribution in [0.2, 0.25) is 0 Å². The molecule has 0 aliphatic rings. The molecule has 0 aromatic heterocycles. The summed E-state index contributed by atoms with van der Waals surface area (Å²) < 4.78 is 4.19. The predicted octanol–water partition coefficient (Wildman–Crippen LogP) is 1.95. The standard InChI is InChI=1S/C10H22N5OPS/c1-2-3-8-14-17(12,18)15-9-6-4-5-7-13-10(11)16/h7,9H,2-6,8H2,1H3,(H2,11,16)(H3,12,14,18).